The molecule has 0 spiro atoms. The lowest BCUT2D eigenvalue weighted by atomic mass is 10.1. The zero-order valence-electron chi connectivity index (χ0n) is 8.68. The third-order valence-corrected chi connectivity index (χ3v) is 2.88. The van der Waals surface area contributed by atoms with Crippen LogP contribution in [-0.4, -0.2) is 19.0 Å². The molecule has 1 aliphatic rings. The summed E-state index contributed by atoms with van der Waals surface area (Å²) in [7, 11) is 0. The van der Waals surface area contributed by atoms with Gasteiger partial charge in [-0.15, -0.1) is 0 Å². The molecule has 1 saturated heterocycles. The van der Waals surface area contributed by atoms with E-state index in [1.807, 2.05) is 30.3 Å². The third kappa shape index (κ3) is 2.99. The maximum absolute atomic E-state index is 13.1. The van der Waals surface area contributed by atoms with Crippen LogP contribution in [0.1, 0.15) is 18.4 Å². The first kappa shape index (κ1) is 10.6. The quantitative estimate of drug-likeness (QED) is 0.757. The van der Waals surface area contributed by atoms with Gasteiger partial charge in [0.2, 0.25) is 0 Å². The van der Waals surface area contributed by atoms with Crippen LogP contribution in [0.5, 0.6) is 0 Å². The average Bonchev–Trinajstić information content (AvgIpc) is 2.17. The van der Waals surface area contributed by atoms with Crippen molar-refractivity contribution in [3.63, 3.8) is 0 Å². The molecule has 1 heterocycles. The molecule has 0 bridgehead atoms. The summed E-state index contributed by atoms with van der Waals surface area (Å²) in [5.41, 5.74) is 1.14. The number of hydrogen-bond acceptors (Lipinski definition) is 0. The fraction of sp³-hybridized carbons (Fsp3) is 0.500. The highest BCUT2D eigenvalue weighted by atomic mass is 19.3. The first-order valence-corrected chi connectivity index (χ1v) is 5.41. The van der Waals surface area contributed by atoms with Gasteiger partial charge in [-0.05, 0) is 0 Å². The van der Waals surface area contributed by atoms with Gasteiger partial charge in [-0.25, -0.2) is 8.78 Å². The topological polar surface area (TPSA) is 4.44 Å². The second-order valence-corrected chi connectivity index (χ2v) is 4.30. The first-order valence-electron chi connectivity index (χ1n) is 5.41. The Balaban J connectivity index is 1.95. The minimum atomic E-state index is -2.46. The molecule has 0 radical (unpaired) electrons. The van der Waals surface area contributed by atoms with Crippen molar-refractivity contribution in [2.24, 2.45) is 0 Å². The zero-order valence-corrected chi connectivity index (χ0v) is 8.68. The number of hydrogen-bond donors (Lipinski definition) is 1. The number of nitrogens with one attached hydrogen (secondary N) is 1. The van der Waals surface area contributed by atoms with Crippen molar-refractivity contribution in [3.8, 4) is 0 Å². The second-order valence-electron chi connectivity index (χ2n) is 4.30. The Bertz CT molecular complexity index is 311. The molecule has 1 nitrogen and oxygen atoms in total. The van der Waals surface area contributed by atoms with Gasteiger partial charge in [0.1, 0.15) is 13.1 Å². The number of quaternary nitrogens is 1. The summed E-state index contributed by atoms with van der Waals surface area (Å²) in [6.45, 7) is 1.57. The van der Waals surface area contributed by atoms with E-state index in [4.69, 9.17) is 0 Å². The zero-order chi connectivity index (χ0) is 10.7. The van der Waals surface area contributed by atoms with Gasteiger partial charge in [-0.2, -0.15) is 0 Å². The predicted molar refractivity (Wildman–Crippen MR) is 55.0 cm³/mol. The molecule has 82 valence electrons. The standard InChI is InChI=1S/C12H15F2N/c13-12(14)7-4-8-15(10-12)9-11-5-2-1-3-6-11/h1-3,5-6H,4,7-10H2/p+1. The van der Waals surface area contributed by atoms with Crippen LogP contribution in [0.4, 0.5) is 8.78 Å². The van der Waals surface area contributed by atoms with Gasteiger partial charge in [0.15, 0.2) is 0 Å². The number of rotatable bonds is 2. The van der Waals surface area contributed by atoms with E-state index in [1.54, 1.807) is 0 Å². The molecule has 1 fully saturated rings. The van der Waals surface area contributed by atoms with Gasteiger partial charge in [-0.1, -0.05) is 30.3 Å². The minimum Gasteiger partial charge on any atom is -0.326 e. The summed E-state index contributed by atoms with van der Waals surface area (Å²) < 4.78 is 26.3. The van der Waals surface area contributed by atoms with Crippen molar-refractivity contribution in [1.82, 2.24) is 0 Å². The molecule has 3 heteroatoms. The highest BCUT2D eigenvalue weighted by Crippen LogP contribution is 2.19. The van der Waals surface area contributed by atoms with Gasteiger partial charge in [0, 0.05) is 18.4 Å². The van der Waals surface area contributed by atoms with Gasteiger partial charge in [0.05, 0.1) is 6.54 Å². The molecule has 2 rings (SSSR count). The van der Waals surface area contributed by atoms with Crippen molar-refractivity contribution in [2.75, 3.05) is 13.1 Å². The molecule has 0 aliphatic carbocycles. The van der Waals surface area contributed by atoms with Crippen molar-refractivity contribution in [2.45, 2.75) is 25.3 Å². The summed E-state index contributed by atoms with van der Waals surface area (Å²) in [4.78, 5) is 0.998. The first-order chi connectivity index (χ1) is 7.16. The predicted octanol–water partition coefficient (Wildman–Crippen LogP) is 1.50. The summed E-state index contributed by atoms with van der Waals surface area (Å²) >= 11 is 0. The molecule has 0 amide bonds. The molecule has 1 aliphatic heterocycles. The Morgan fingerprint density at radius 3 is 2.60 bits per heavy atom. The van der Waals surface area contributed by atoms with E-state index in [2.05, 4.69) is 0 Å². The van der Waals surface area contributed by atoms with Crippen LogP contribution in [0.2, 0.25) is 0 Å². The SMILES string of the molecule is FC1(F)CCC[NH+](Cc2ccccc2)C1. The molecule has 1 N–H and O–H groups in total. The number of alkyl halides is 2. The molecule has 0 aromatic heterocycles. The number of benzene rings is 1. The summed E-state index contributed by atoms with van der Waals surface area (Å²) in [5.74, 6) is -2.46. The Kier molecular flexibility index (Phi) is 3.00. The smallest absolute Gasteiger partial charge is 0.295 e. The van der Waals surface area contributed by atoms with Gasteiger partial charge in [0.25, 0.3) is 5.92 Å². The summed E-state index contributed by atoms with van der Waals surface area (Å²) in [5, 5.41) is 0. The lowest BCUT2D eigenvalue weighted by Crippen LogP contribution is -3.13. The lowest BCUT2D eigenvalue weighted by molar-refractivity contribution is -0.927. The van der Waals surface area contributed by atoms with E-state index in [0.717, 1.165) is 23.6 Å². The number of likely N-dealkylation sites (tertiary alicyclic amines) is 1. The number of piperidine rings is 1. The van der Waals surface area contributed by atoms with Gasteiger partial charge < -0.3 is 4.90 Å². The molecular formula is C12H16F2N+. The van der Waals surface area contributed by atoms with E-state index in [1.165, 1.54) is 0 Å². The molecule has 1 aromatic rings. The molecule has 1 unspecified atom stereocenters. The summed E-state index contributed by atoms with van der Waals surface area (Å²) in [6, 6.07) is 9.86. The highest BCUT2D eigenvalue weighted by Gasteiger charge is 2.38. The Morgan fingerprint density at radius 2 is 1.93 bits per heavy atom. The molecule has 1 aromatic carbocycles. The van der Waals surface area contributed by atoms with E-state index in [-0.39, 0.29) is 13.0 Å². The third-order valence-electron chi connectivity index (χ3n) is 2.88. The second kappa shape index (κ2) is 4.27. The Morgan fingerprint density at radius 1 is 1.20 bits per heavy atom. The fourth-order valence-corrected chi connectivity index (χ4v) is 2.17. The van der Waals surface area contributed by atoms with Crippen LogP contribution < -0.4 is 4.90 Å². The van der Waals surface area contributed by atoms with Crippen LogP contribution in [0, 0.1) is 0 Å². The molecule has 0 saturated carbocycles. The maximum atomic E-state index is 13.1. The maximum Gasteiger partial charge on any atom is 0.295 e. The normalized spacial score (nSPS) is 25.1. The molecule has 15 heavy (non-hydrogen) atoms. The van der Waals surface area contributed by atoms with Crippen LogP contribution in [0.15, 0.2) is 30.3 Å². The Labute approximate surface area is 88.7 Å². The van der Waals surface area contributed by atoms with Gasteiger partial charge >= 0.3 is 0 Å². The summed E-state index contributed by atoms with van der Waals surface area (Å²) in [6.07, 6.45) is 0.695. The average molecular weight is 212 g/mol. The highest BCUT2D eigenvalue weighted by molar-refractivity contribution is 5.13. The van der Waals surface area contributed by atoms with Crippen molar-refractivity contribution in [1.29, 1.82) is 0 Å². The van der Waals surface area contributed by atoms with E-state index < -0.39 is 5.92 Å². The van der Waals surface area contributed by atoms with Crippen molar-refractivity contribution in [3.05, 3.63) is 35.9 Å². The van der Waals surface area contributed by atoms with E-state index in [0.29, 0.717) is 6.42 Å². The van der Waals surface area contributed by atoms with Crippen molar-refractivity contribution < 1.29 is 13.7 Å². The Hall–Kier alpha value is -0.960. The monoisotopic (exact) mass is 212 g/mol. The fourth-order valence-electron chi connectivity index (χ4n) is 2.17. The van der Waals surface area contributed by atoms with Crippen LogP contribution in [-0.2, 0) is 6.54 Å². The van der Waals surface area contributed by atoms with Crippen LogP contribution in [0.25, 0.3) is 0 Å². The van der Waals surface area contributed by atoms with E-state index >= 15 is 0 Å². The van der Waals surface area contributed by atoms with Crippen molar-refractivity contribution >= 4 is 0 Å². The van der Waals surface area contributed by atoms with Crippen LogP contribution >= 0.6 is 0 Å². The van der Waals surface area contributed by atoms with Crippen LogP contribution in [0.3, 0.4) is 0 Å². The van der Waals surface area contributed by atoms with Gasteiger partial charge in [-0.3, -0.25) is 0 Å². The van der Waals surface area contributed by atoms with E-state index in [9.17, 15) is 8.78 Å². The minimum absolute atomic E-state index is 0.0120. The largest absolute Gasteiger partial charge is 0.326 e. The number of halogens is 2. The molecule has 1 atom stereocenters. The molecular weight excluding hydrogens is 196 g/mol. The lowest BCUT2D eigenvalue weighted by Gasteiger charge is -2.29.